The van der Waals surface area contributed by atoms with Gasteiger partial charge in [-0.2, -0.15) is 0 Å². The summed E-state index contributed by atoms with van der Waals surface area (Å²) in [4.78, 5) is 22.7. The molecule has 0 amide bonds. The molecule has 0 spiro atoms. The first-order chi connectivity index (χ1) is 21.1. The fourth-order valence-corrected chi connectivity index (χ4v) is 4.65. The topological polar surface area (TPSA) is 63.6 Å². The van der Waals surface area contributed by atoms with Crippen LogP contribution in [0.5, 0.6) is 0 Å². The van der Waals surface area contributed by atoms with Crippen LogP contribution < -0.4 is 0 Å². The second-order valence-corrected chi connectivity index (χ2v) is 11.3. The number of carboxylic acid groups (broad SMARTS) is 1. The highest BCUT2D eigenvalue weighted by Crippen LogP contribution is 2.15. The summed E-state index contributed by atoms with van der Waals surface area (Å²) in [6.45, 7) is 4.26. The maximum absolute atomic E-state index is 12.2. The second-order valence-electron chi connectivity index (χ2n) is 11.3. The summed E-state index contributed by atoms with van der Waals surface area (Å²) in [7, 11) is 0. The van der Waals surface area contributed by atoms with Crippen molar-refractivity contribution < 1.29 is 19.4 Å². The van der Waals surface area contributed by atoms with E-state index in [4.69, 9.17) is 9.84 Å². The van der Waals surface area contributed by atoms with E-state index < -0.39 is 5.97 Å². The van der Waals surface area contributed by atoms with Gasteiger partial charge in [0.2, 0.25) is 0 Å². The van der Waals surface area contributed by atoms with Crippen LogP contribution in [0.25, 0.3) is 0 Å². The van der Waals surface area contributed by atoms with Crippen LogP contribution in [0, 0.1) is 0 Å². The second kappa shape index (κ2) is 33.9. The van der Waals surface area contributed by atoms with Gasteiger partial charge >= 0.3 is 11.9 Å². The number of carboxylic acids is 1. The minimum atomic E-state index is -0.687. The summed E-state index contributed by atoms with van der Waals surface area (Å²) in [5, 5.41) is 8.65. The van der Waals surface area contributed by atoms with E-state index in [1.165, 1.54) is 32.1 Å². The predicted octanol–water partition coefficient (Wildman–Crippen LogP) is 11.9. The van der Waals surface area contributed by atoms with Crippen molar-refractivity contribution in [3.8, 4) is 0 Å². The van der Waals surface area contributed by atoms with Crippen LogP contribution in [0.15, 0.2) is 72.9 Å². The molecular weight excluding hydrogens is 532 g/mol. The van der Waals surface area contributed by atoms with Gasteiger partial charge in [-0.15, -0.1) is 0 Å². The number of carbonyl (C=O) groups is 2. The number of hydrogen-bond acceptors (Lipinski definition) is 3. The highest BCUT2D eigenvalue weighted by molar-refractivity contribution is 5.69. The molecule has 0 aromatic rings. The van der Waals surface area contributed by atoms with E-state index >= 15 is 0 Å². The van der Waals surface area contributed by atoms with Crippen molar-refractivity contribution in [1.82, 2.24) is 0 Å². The van der Waals surface area contributed by atoms with Crippen molar-refractivity contribution in [2.75, 3.05) is 0 Å². The normalized spacial score (nSPS) is 13.2. The van der Waals surface area contributed by atoms with Gasteiger partial charge < -0.3 is 9.84 Å². The van der Waals surface area contributed by atoms with Gasteiger partial charge in [-0.1, -0.05) is 132 Å². The zero-order chi connectivity index (χ0) is 31.5. The molecule has 0 aromatic heterocycles. The lowest BCUT2D eigenvalue weighted by atomic mass is 10.0. The van der Waals surface area contributed by atoms with E-state index in [9.17, 15) is 9.59 Å². The molecule has 0 saturated carbocycles. The molecule has 0 fully saturated rings. The average molecular weight is 597 g/mol. The van der Waals surface area contributed by atoms with E-state index in [0.29, 0.717) is 12.8 Å². The predicted molar refractivity (Wildman–Crippen MR) is 185 cm³/mol. The molecule has 0 radical (unpaired) electrons. The smallest absolute Gasteiger partial charge is 0.306 e. The molecule has 0 bridgehead atoms. The van der Waals surface area contributed by atoms with Crippen LogP contribution in [-0.2, 0) is 14.3 Å². The third-order valence-corrected chi connectivity index (χ3v) is 7.27. The molecule has 43 heavy (non-hydrogen) atoms. The maximum atomic E-state index is 12.2. The van der Waals surface area contributed by atoms with E-state index in [1.807, 2.05) is 0 Å². The number of carbonyl (C=O) groups excluding carboxylic acids is 1. The van der Waals surface area contributed by atoms with Crippen molar-refractivity contribution in [2.24, 2.45) is 0 Å². The van der Waals surface area contributed by atoms with Crippen molar-refractivity contribution in [2.45, 2.75) is 161 Å². The molecular formula is C39H64O4. The Balaban J connectivity index is 3.63. The summed E-state index contributed by atoms with van der Waals surface area (Å²) < 4.78 is 5.72. The molecule has 0 heterocycles. The van der Waals surface area contributed by atoms with Gasteiger partial charge in [-0.3, -0.25) is 9.59 Å². The Bertz CT molecular complexity index is 815. The van der Waals surface area contributed by atoms with E-state index in [1.54, 1.807) is 0 Å². The van der Waals surface area contributed by atoms with E-state index in [0.717, 1.165) is 96.3 Å². The Hall–Kier alpha value is -2.62. The average Bonchev–Trinajstić information content (AvgIpc) is 2.99. The van der Waals surface area contributed by atoms with Crippen LogP contribution >= 0.6 is 0 Å². The van der Waals surface area contributed by atoms with Gasteiger partial charge in [-0.25, -0.2) is 0 Å². The molecule has 244 valence electrons. The lowest BCUT2D eigenvalue weighted by Crippen LogP contribution is -2.17. The number of ether oxygens (including phenoxy) is 1. The molecule has 0 rings (SSSR count). The summed E-state index contributed by atoms with van der Waals surface area (Å²) in [5.41, 5.74) is 0. The van der Waals surface area contributed by atoms with Crippen LogP contribution in [0.3, 0.4) is 0 Å². The van der Waals surface area contributed by atoms with E-state index in [-0.39, 0.29) is 12.1 Å². The summed E-state index contributed by atoms with van der Waals surface area (Å²) >= 11 is 0. The first-order valence-electron chi connectivity index (χ1n) is 17.4. The van der Waals surface area contributed by atoms with Gasteiger partial charge in [0.15, 0.2) is 0 Å². The largest absolute Gasteiger partial charge is 0.481 e. The summed E-state index contributed by atoms with van der Waals surface area (Å²) in [6, 6.07) is 0. The highest BCUT2D eigenvalue weighted by atomic mass is 16.5. The standard InChI is InChI=1S/C39H64O4/c1-3-5-6-7-8-9-10-11-12-13-14-15-16-17-18-19-20-24-27-30-33-36-39(42)43-37(4-2)34-31-28-25-22-21-23-26-29-32-35-38(40)41/h5-6,8-9,11-12,14-15,17-18,20,24,37H,3-4,7,10,13,16,19,21-23,25-36H2,1-2H3,(H,40,41)/b6-5-,9-8-,12-11-,15-14-,18-17-,24-20-. The minimum absolute atomic E-state index is 0.0440. The molecule has 4 nitrogen and oxygen atoms in total. The third kappa shape index (κ3) is 33.7. The number of aliphatic carboxylic acids is 1. The van der Waals surface area contributed by atoms with Crippen molar-refractivity contribution in [3.63, 3.8) is 0 Å². The quantitative estimate of drug-likeness (QED) is 0.0509. The Labute approximate surface area is 265 Å². The number of rotatable bonds is 30. The fraction of sp³-hybridized carbons (Fsp3) is 0.641. The lowest BCUT2D eigenvalue weighted by molar-refractivity contribution is -0.149. The Morgan fingerprint density at radius 3 is 1.42 bits per heavy atom. The first-order valence-corrected chi connectivity index (χ1v) is 17.4. The Morgan fingerprint density at radius 2 is 0.953 bits per heavy atom. The zero-order valence-corrected chi connectivity index (χ0v) is 27.7. The van der Waals surface area contributed by atoms with Gasteiger partial charge in [0.25, 0.3) is 0 Å². The first kappa shape index (κ1) is 40.4. The van der Waals surface area contributed by atoms with Crippen molar-refractivity contribution in [1.29, 1.82) is 0 Å². The number of esters is 1. The molecule has 0 saturated heterocycles. The molecule has 1 atom stereocenters. The number of unbranched alkanes of at least 4 members (excludes halogenated alkanes) is 10. The van der Waals surface area contributed by atoms with Crippen LogP contribution in [-0.4, -0.2) is 23.1 Å². The number of hydrogen-bond donors (Lipinski definition) is 1. The van der Waals surface area contributed by atoms with E-state index in [2.05, 4.69) is 86.8 Å². The maximum Gasteiger partial charge on any atom is 0.306 e. The molecule has 1 N–H and O–H groups in total. The number of allylic oxidation sites excluding steroid dienone is 12. The van der Waals surface area contributed by atoms with Crippen LogP contribution in [0.1, 0.15) is 155 Å². The zero-order valence-electron chi connectivity index (χ0n) is 27.7. The van der Waals surface area contributed by atoms with Gasteiger partial charge in [-0.05, 0) is 83.5 Å². The van der Waals surface area contributed by atoms with Crippen LogP contribution in [0.2, 0.25) is 0 Å². The molecule has 0 aliphatic carbocycles. The SMILES string of the molecule is CC/C=C\C/C=C\C/C=C\C/C=C\C/C=C\C/C=C\CCCCC(=O)OC(CC)CCCCCCCCCCCC(=O)O. The lowest BCUT2D eigenvalue weighted by Gasteiger charge is -2.16. The monoisotopic (exact) mass is 596 g/mol. The highest BCUT2D eigenvalue weighted by Gasteiger charge is 2.12. The van der Waals surface area contributed by atoms with Gasteiger partial charge in [0, 0.05) is 12.8 Å². The molecule has 4 heteroatoms. The molecule has 0 aliphatic rings. The molecule has 1 unspecified atom stereocenters. The summed E-state index contributed by atoms with van der Waals surface area (Å²) in [5.74, 6) is -0.731. The molecule has 0 aromatic carbocycles. The van der Waals surface area contributed by atoms with Gasteiger partial charge in [0.1, 0.15) is 6.10 Å². The Kier molecular flexibility index (Phi) is 31.8. The minimum Gasteiger partial charge on any atom is -0.481 e. The van der Waals surface area contributed by atoms with Crippen molar-refractivity contribution >= 4 is 11.9 Å². The summed E-state index contributed by atoms with van der Waals surface area (Å²) in [6.07, 6.45) is 48.5. The molecule has 0 aliphatic heterocycles. The third-order valence-electron chi connectivity index (χ3n) is 7.27. The fourth-order valence-electron chi connectivity index (χ4n) is 4.65. The Morgan fingerprint density at radius 1 is 0.535 bits per heavy atom. The van der Waals surface area contributed by atoms with Crippen molar-refractivity contribution in [3.05, 3.63) is 72.9 Å². The van der Waals surface area contributed by atoms with Crippen LogP contribution in [0.4, 0.5) is 0 Å². The van der Waals surface area contributed by atoms with Gasteiger partial charge in [0.05, 0.1) is 0 Å².